The van der Waals surface area contributed by atoms with Crippen LogP contribution in [-0.2, 0) is 9.59 Å². The van der Waals surface area contributed by atoms with Gasteiger partial charge in [0, 0.05) is 6.54 Å². The molecule has 0 saturated heterocycles. The number of amides is 1. The maximum absolute atomic E-state index is 10.6. The maximum atomic E-state index is 10.6. The number of nitrogens with one attached hydrogen (secondary N) is 1. The molecule has 0 aliphatic heterocycles. The third-order valence-corrected chi connectivity index (χ3v) is 1.55. The van der Waals surface area contributed by atoms with Gasteiger partial charge in [-0.2, -0.15) is 0 Å². The van der Waals surface area contributed by atoms with Crippen molar-refractivity contribution in [1.82, 2.24) is 5.32 Å². The zero-order chi connectivity index (χ0) is 9.56. The van der Waals surface area contributed by atoms with Crippen molar-refractivity contribution in [3.8, 4) is 0 Å². The zero-order valence-electron chi connectivity index (χ0n) is 7.41. The van der Waals surface area contributed by atoms with Gasteiger partial charge in [-0.05, 0) is 12.3 Å². The standard InChI is InChI=1S/C8H15NO3/c1-6(2)3-7(8(11)12)4-9-5-10/h5-7H,3-4H2,1-2H3,(H,9,10)(H,11,12). The Morgan fingerprint density at radius 3 is 2.50 bits per heavy atom. The van der Waals surface area contributed by atoms with Gasteiger partial charge in [0.25, 0.3) is 0 Å². The molecule has 1 amide bonds. The van der Waals surface area contributed by atoms with Crippen LogP contribution in [0.15, 0.2) is 0 Å². The van der Waals surface area contributed by atoms with Crippen molar-refractivity contribution in [2.24, 2.45) is 11.8 Å². The average molecular weight is 173 g/mol. The minimum atomic E-state index is -0.849. The zero-order valence-corrected chi connectivity index (χ0v) is 7.41. The highest BCUT2D eigenvalue weighted by molar-refractivity contribution is 5.70. The van der Waals surface area contributed by atoms with Gasteiger partial charge in [-0.3, -0.25) is 9.59 Å². The van der Waals surface area contributed by atoms with Gasteiger partial charge in [-0.25, -0.2) is 0 Å². The molecule has 0 radical (unpaired) electrons. The van der Waals surface area contributed by atoms with Crippen molar-refractivity contribution in [1.29, 1.82) is 0 Å². The number of rotatable bonds is 6. The number of carbonyl (C=O) groups is 2. The van der Waals surface area contributed by atoms with E-state index >= 15 is 0 Å². The molecule has 4 heteroatoms. The second kappa shape index (κ2) is 5.57. The Labute approximate surface area is 72.0 Å². The fourth-order valence-corrected chi connectivity index (χ4v) is 1.03. The minimum absolute atomic E-state index is 0.219. The first-order valence-corrected chi connectivity index (χ1v) is 3.97. The molecule has 0 aliphatic rings. The van der Waals surface area contributed by atoms with E-state index in [4.69, 9.17) is 5.11 Å². The second-order valence-corrected chi connectivity index (χ2v) is 3.19. The van der Waals surface area contributed by atoms with Crippen molar-refractivity contribution < 1.29 is 14.7 Å². The van der Waals surface area contributed by atoms with E-state index in [1.165, 1.54) is 0 Å². The Morgan fingerprint density at radius 1 is 1.58 bits per heavy atom. The molecule has 1 unspecified atom stereocenters. The van der Waals surface area contributed by atoms with Crippen molar-refractivity contribution in [3.63, 3.8) is 0 Å². The quantitative estimate of drug-likeness (QED) is 0.574. The molecule has 0 heterocycles. The van der Waals surface area contributed by atoms with Gasteiger partial charge < -0.3 is 10.4 Å². The van der Waals surface area contributed by atoms with E-state index in [2.05, 4.69) is 5.32 Å². The maximum Gasteiger partial charge on any atom is 0.308 e. The van der Waals surface area contributed by atoms with Crippen molar-refractivity contribution in [2.75, 3.05) is 6.54 Å². The summed E-state index contributed by atoms with van der Waals surface area (Å²) >= 11 is 0. The molecule has 0 aromatic carbocycles. The lowest BCUT2D eigenvalue weighted by Crippen LogP contribution is -2.28. The number of hydrogen-bond acceptors (Lipinski definition) is 2. The fraction of sp³-hybridized carbons (Fsp3) is 0.750. The van der Waals surface area contributed by atoms with E-state index in [0.717, 1.165) is 0 Å². The molecular formula is C8H15NO3. The molecule has 4 nitrogen and oxygen atoms in total. The molecule has 0 spiro atoms. The van der Waals surface area contributed by atoms with Crippen LogP contribution in [-0.4, -0.2) is 24.0 Å². The van der Waals surface area contributed by atoms with Crippen LogP contribution in [0.1, 0.15) is 20.3 Å². The molecule has 2 N–H and O–H groups in total. The average Bonchev–Trinajstić information content (AvgIpc) is 1.96. The van der Waals surface area contributed by atoms with Crippen molar-refractivity contribution in [3.05, 3.63) is 0 Å². The molecule has 70 valence electrons. The van der Waals surface area contributed by atoms with Crippen LogP contribution in [0.5, 0.6) is 0 Å². The van der Waals surface area contributed by atoms with E-state index in [-0.39, 0.29) is 6.54 Å². The van der Waals surface area contributed by atoms with Gasteiger partial charge >= 0.3 is 5.97 Å². The van der Waals surface area contributed by atoms with Crippen LogP contribution in [0.2, 0.25) is 0 Å². The largest absolute Gasteiger partial charge is 0.481 e. The first-order chi connectivity index (χ1) is 5.57. The van der Waals surface area contributed by atoms with E-state index in [1.807, 2.05) is 13.8 Å². The van der Waals surface area contributed by atoms with Gasteiger partial charge in [-0.1, -0.05) is 13.8 Å². The van der Waals surface area contributed by atoms with Crippen LogP contribution >= 0.6 is 0 Å². The Hall–Kier alpha value is -1.06. The van der Waals surface area contributed by atoms with Gasteiger partial charge in [0.1, 0.15) is 0 Å². The summed E-state index contributed by atoms with van der Waals surface area (Å²) in [7, 11) is 0. The van der Waals surface area contributed by atoms with E-state index < -0.39 is 11.9 Å². The summed E-state index contributed by atoms with van der Waals surface area (Å²) in [4.78, 5) is 20.5. The molecular weight excluding hydrogens is 158 g/mol. The Morgan fingerprint density at radius 2 is 2.17 bits per heavy atom. The molecule has 12 heavy (non-hydrogen) atoms. The summed E-state index contributed by atoms with van der Waals surface area (Å²) in [5.74, 6) is -0.979. The van der Waals surface area contributed by atoms with Gasteiger partial charge in [-0.15, -0.1) is 0 Å². The van der Waals surface area contributed by atoms with Crippen LogP contribution in [0, 0.1) is 11.8 Å². The highest BCUT2D eigenvalue weighted by atomic mass is 16.4. The first kappa shape index (κ1) is 10.9. The molecule has 1 atom stereocenters. The Bertz CT molecular complexity index is 156. The van der Waals surface area contributed by atoms with Crippen molar-refractivity contribution >= 4 is 12.4 Å². The summed E-state index contributed by atoms with van der Waals surface area (Å²) in [6.45, 7) is 4.13. The van der Waals surface area contributed by atoms with Gasteiger partial charge in [0.05, 0.1) is 5.92 Å². The summed E-state index contributed by atoms with van der Waals surface area (Å²) in [5, 5.41) is 11.1. The fourth-order valence-electron chi connectivity index (χ4n) is 1.03. The van der Waals surface area contributed by atoms with Gasteiger partial charge in [0.15, 0.2) is 0 Å². The lowest BCUT2D eigenvalue weighted by molar-refractivity contribution is -0.142. The molecule has 0 rings (SSSR count). The molecule has 0 aliphatic carbocycles. The summed E-state index contributed by atoms with van der Waals surface area (Å²) in [6, 6.07) is 0. The van der Waals surface area contributed by atoms with Gasteiger partial charge in [0.2, 0.25) is 6.41 Å². The lowest BCUT2D eigenvalue weighted by atomic mass is 9.97. The third-order valence-electron chi connectivity index (χ3n) is 1.55. The second-order valence-electron chi connectivity index (χ2n) is 3.19. The molecule has 0 aromatic rings. The van der Waals surface area contributed by atoms with Crippen LogP contribution < -0.4 is 5.32 Å². The lowest BCUT2D eigenvalue weighted by Gasteiger charge is -2.13. The number of carbonyl (C=O) groups excluding carboxylic acids is 1. The normalized spacial score (nSPS) is 12.6. The highest BCUT2D eigenvalue weighted by Gasteiger charge is 2.17. The first-order valence-electron chi connectivity index (χ1n) is 3.97. The van der Waals surface area contributed by atoms with E-state index in [1.54, 1.807) is 0 Å². The van der Waals surface area contributed by atoms with Crippen LogP contribution in [0.25, 0.3) is 0 Å². The molecule has 0 aromatic heterocycles. The van der Waals surface area contributed by atoms with Crippen LogP contribution in [0.4, 0.5) is 0 Å². The van der Waals surface area contributed by atoms with E-state index in [9.17, 15) is 9.59 Å². The van der Waals surface area contributed by atoms with Crippen molar-refractivity contribution in [2.45, 2.75) is 20.3 Å². The van der Waals surface area contributed by atoms with Crippen LogP contribution in [0.3, 0.4) is 0 Å². The number of hydrogen-bond donors (Lipinski definition) is 2. The topological polar surface area (TPSA) is 66.4 Å². The Kier molecular flexibility index (Phi) is 5.08. The number of carboxylic acid groups (broad SMARTS) is 1. The summed E-state index contributed by atoms with van der Waals surface area (Å²) in [6.07, 6.45) is 1.12. The molecule has 0 fully saturated rings. The smallest absolute Gasteiger partial charge is 0.308 e. The summed E-state index contributed by atoms with van der Waals surface area (Å²) in [5.41, 5.74) is 0. The Balaban J connectivity index is 3.86. The molecule has 0 saturated carbocycles. The summed E-state index contributed by atoms with van der Waals surface area (Å²) < 4.78 is 0. The monoisotopic (exact) mass is 173 g/mol. The van der Waals surface area contributed by atoms with E-state index in [0.29, 0.717) is 18.7 Å². The predicted molar refractivity (Wildman–Crippen MR) is 44.6 cm³/mol. The number of carboxylic acids is 1. The predicted octanol–water partition coefficient (Wildman–Crippen LogP) is 0.479. The number of aliphatic carboxylic acids is 1. The third kappa shape index (κ3) is 4.71. The minimum Gasteiger partial charge on any atom is -0.481 e. The molecule has 0 bridgehead atoms. The highest BCUT2D eigenvalue weighted by Crippen LogP contribution is 2.10. The SMILES string of the molecule is CC(C)CC(CNC=O)C(=O)O.